The molecule has 0 aromatic carbocycles. The molecule has 0 radical (unpaired) electrons. The zero-order valence-electron chi connectivity index (χ0n) is 6.54. The first-order valence-corrected chi connectivity index (χ1v) is 3.60. The molecule has 1 aliphatic carbocycles. The molecular weight excluding hydrogens is 185 g/mol. The second-order valence-corrected chi connectivity index (χ2v) is 2.55. The average Bonchev–Trinajstić information content (AvgIpc) is 2.03. The quantitative estimate of drug-likeness (QED) is 0.627. The van der Waals surface area contributed by atoms with Crippen LogP contribution in [0.1, 0.15) is 6.42 Å². The maximum atomic E-state index is 11.7. The molecule has 0 aromatic rings. The van der Waals surface area contributed by atoms with E-state index in [1.54, 1.807) is 0 Å². The number of hydrogen-bond acceptors (Lipinski definition) is 2. The van der Waals surface area contributed by atoms with E-state index < -0.39 is 6.36 Å². The summed E-state index contributed by atoms with van der Waals surface area (Å²) in [6.07, 6.45) is 0.0453. The van der Waals surface area contributed by atoms with Crippen LogP contribution >= 0.6 is 0 Å². The zero-order chi connectivity index (χ0) is 9.90. The van der Waals surface area contributed by atoms with Gasteiger partial charge in [-0.15, -0.1) is 13.2 Å². The lowest BCUT2D eigenvalue weighted by atomic mass is 10.0. The second kappa shape index (κ2) is 3.64. The number of aldehydes is 1. The number of ether oxygens (including phenoxy) is 1. The second-order valence-electron chi connectivity index (χ2n) is 2.55. The fraction of sp³-hybridized carbons (Fsp3) is 0.375. The van der Waals surface area contributed by atoms with Crippen molar-refractivity contribution >= 4 is 6.29 Å². The van der Waals surface area contributed by atoms with Gasteiger partial charge in [0, 0.05) is 5.92 Å². The van der Waals surface area contributed by atoms with Gasteiger partial charge in [0.05, 0.1) is 0 Å². The fourth-order valence-electron chi connectivity index (χ4n) is 0.928. The topological polar surface area (TPSA) is 26.3 Å². The van der Waals surface area contributed by atoms with Gasteiger partial charge in [-0.3, -0.25) is 0 Å². The maximum Gasteiger partial charge on any atom is 0.573 e. The van der Waals surface area contributed by atoms with Crippen LogP contribution in [0.15, 0.2) is 24.0 Å². The minimum atomic E-state index is -4.66. The van der Waals surface area contributed by atoms with Crippen molar-refractivity contribution in [2.24, 2.45) is 5.92 Å². The van der Waals surface area contributed by atoms with E-state index in [1.807, 2.05) is 0 Å². The predicted molar refractivity (Wildman–Crippen MR) is 38.5 cm³/mol. The van der Waals surface area contributed by atoms with Crippen LogP contribution in [0.3, 0.4) is 0 Å². The van der Waals surface area contributed by atoms with Gasteiger partial charge in [0.1, 0.15) is 12.0 Å². The first-order valence-electron chi connectivity index (χ1n) is 3.60. The third kappa shape index (κ3) is 3.31. The van der Waals surface area contributed by atoms with Crippen LogP contribution in [0.4, 0.5) is 13.2 Å². The highest BCUT2D eigenvalue weighted by Crippen LogP contribution is 2.24. The van der Waals surface area contributed by atoms with E-state index in [2.05, 4.69) is 4.74 Å². The van der Waals surface area contributed by atoms with Crippen molar-refractivity contribution in [2.45, 2.75) is 12.8 Å². The molecule has 13 heavy (non-hydrogen) atoms. The summed E-state index contributed by atoms with van der Waals surface area (Å²) in [5.41, 5.74) is 0. The van der Waals surface area contributed by atoms with Gasteiger partial charge in [-0.1, -0.05) is 6.08 Å². The SMILES string of the molecule is O=CC1C=CC(OC(F)(F)F)=CC1. The molecule has 0 saturated carbocycles. The Bertz CT molecular complexity index is 253. The van der Waals surface area contributed by atoms with E-state index in [1.165, 1.54) is 12.2 Å². The zero-order valence-corrected chi connectivity index (χ0v) is 6.54. The summed E-state index contributed by atoms with van der Waals surface area (Å²) >= 11 is 0. The first kappa shape index (κ1) is 9.83. The predicted octanol–water partition coefficient (Wildman–Crippen LogP) is 2.18. The lowest BCUT2D eigenvalue weighted by Crippen LogP contribution is -2.14. The van der Waals surface area contributed by atoms with Gasteiger partial charge in [0.2, 0.25) is 0 Å². The number of alkyl halides is 3. The van der Waals surface area contributed by atoms with Crippen molar-refractivity contribution in [1.82, 2.24) is 0 Å². The van der Waals surface area contributed by atoms with Crippen LogP contribution in [0.25, 0.3) is 0 Å². The number of halogens is 3. The number of carbonyl (C=O) groups is 1. The summed E-state index contributed by atoms with van der Waals surface area (Å²) in [6.45, 7) is 0. The van der Waals surface area contributed by atoms with Crippen LogP contribution in [0, 0.1) is 5.92 Å². The summed E-state index contributed by atoms with van der Waals surface area (Å²) in [4.78, 5) is 10.2. The molecule has 0 spiro atoms. The highest BCUT2D eigenvalue weighted by atomic mass is 19.4. The normalized spacial score (nSPS) is 22.4. The molecule has 0 amide bonds. The average molecular weight is 192 g/mol. The molecule has 0 aromatic heterocycles. The molecule has 0 saturated heterocycles. The fourth-order valence-corrected chi connectivity index (χ4v) is 0.928. The van der Waals surface area contributed by atoms with E-state index in [-0.39, 0.29) is 18.1 Å². The molecule has 0 bridgehead atoms. The maximum absolute atomic E-state index is 11.7. The first-order chi connectivity index (χ1) is 6.01. The van der Waals surface area contributed by atoms with Crippen LogP contribution in [0.5, 0.6) is 0 Å². The molecule has 1 rings (SSSR count). The Hall–Kier alpha value is -1.26. The van der Waals surface area contributed by atoms with E-state index in [9.17, 15) is 18.0 Å². The lowest BCUT2D eigenvalue weighted by Gasteiger charge is -2.13. The third-order valence-electron chi connectivity index (χ3n) is 1.51. The van der Waals surface area contributed by atoms with Crippen LogP contribution < -0.4 is 0 Å². The molecule has 1 aliphatic rings. The van der Waals surface area contributed by atoms with Crippen LogP contribution in [0.2, 0.25) is 0 Å². The summed E-state index contributed by atoms with van der Waals surface area (Å²) < 4.78 is 38.6. The van der Waals surface area contributed by atoms with Gasteiger partial charge < -0.3 is 9.53 Å². The summed E-state index contributed by atoms with van der Waals surface area (Å²) in [5.74, 6) is -0.591. The Balaban J connectivity index is 2.53. The Morgan fingerprint density at radius 1 is 1.54 bits per heavy atom. The van der Waals surface area contributed by atoms with Crippen LogP contribution in [-0.2, 0) is 9.53 Å². The van der Waals surface area contributed by atoms with Gasteiger partial charge in [-0.05, 0) is 18.6 Å². The molecular formula is C8H7F3O2. The Labute approximate surface area is 72.7 Å². The number of allylic oxidation sites excluding steroid dienone is 3. The molecule has 0 heterocycles. The molecule has 0 aliphatic heterocycles. The largest absolute Gasteiger partial charge is 0.573 e. The third-order valence-corrected chi connectivity index (χ3v) is 1.51. The molecule has 72 valence electrons. The Morgan fingerprint density at radius 3 is 2.62 bits per heavy atom. The highest BCUT2D eigenvalue weighted by Gasteiger charge is 2.31. The minimum Gasteiger partial charge on any atom is -0.406 e. The van der Waals surface area contributed by atoms with Crippen molar-refractivity contribution in [2.75, 3.05) is 0 Å². The smallest absolute Gasteiger partial charge is 0.406 e. The van der Waals surface area contributed by atoms with Crippen LogP contribution in [-0.4, -0.2) is 12.6 Å². The van der Waals surface area contributed by atoms with Crippen molar-refractivity contribution < 1.29 is 22.7 Å². The van der Waals surface area contributed by atoms with E-state index in [0.717, 1.165) is 6.08 Å². The number of rotatable bonds is 2. The van der Waals surface area contributed by atoms with Gasteiger partial charge >= 0.3 is 6.36 Å². The molecule has 1 atom stereocenters. The number of carbonyl (C=O) groups excluding carboxylic acids is 1. The van der Waals surface area contributed by atoms with Crippen molar-refractivity contribution in [3.63, 3.8) is 0 Å². The molecule has 0 fully saturated rings. The molecule has 0 N–H and O–H groups in total. The summed E-state index contributed by atoms with van der Waals surface area (Å²) in [7, 11) is 0. The summed E-state index contributed by atoms with van der Waals surface area (Å²) in [5, 5.41) is 0. The van der Waals surface area contributed by atoms with Gasteiger partial charge in [-0.2, -0.15) is 0 Å². The van der Waals surface area contributed by atoms with Crippen molar-refractivity contribution in [3.8, 4) is 0 Å². The standard InChI is InChI=1S/C8H7F3O2/c9-8(10,11)13-7-3-1-6(5-12)2-4-7/h1,3-6H,2H2. The van der Waals surface area contributed by atoms with Crippen molar-refractivity contribution in [3.05, 3.63) is 24.0 Å². The van der Waals surface area contributed by atoms with E-state index in [0.29, 0.717) is 6.29 Å². The van der Waals surface area contributed by atoms with Gasteiger partial charge in [-0.25, -0.2) is 0 Å². The van der Waals surface area contributed by atoms with Gasteiger partial charge in [0.25, 0.3) is 0 Å². The molecule has 1 unspecified atom stereocenters. The molecule has 2 nitrogen and oxygen atoms in total. The monoisotopic (exact) mass is 192 g/mol. The van der Waals surface area contributed by atoms with Crippen molar-refractivity contribution in [1.29, 1.82) is 0 Å². The Morgan fingerprint density at radius 2 is 2.23 bits per heavy atom. The molecule has 5 heteroatoms. The van der Waals surface area contributed by atoms with Gasteiger partial charge in [0.15, 0.2) is 0 Å². The minimum absolute atomic E-state index is 0.255. The lowest BCUT2D eigenvalue weighted by molar-refractivity contribution is -0.303. The van der Waals surface area contributed by atoms with E-state index >= 15 is 0 Å². The highest BCUT2D eigenvalue weighted by molar-refractivity contribution is 5.58. The Kier molecular flexibility index (Phi) is 2.75. The summed E-state index contributed by atoms with van der Waals surface area (Å²) in [6, 6.07) is 0. The number of hydrogen-bond donors (Lipinski definition) is 0. The van der Waals surface area contributed by atoms with E-state index in [4.69, 9.17) is 0 Å².